The van der Waals surface area contributed by atoms with E-state index in [0.29, 0.717) is 0 Å². The highest BCUT2D eigenvalue weighted by molar-refractivity contribution is 7.99. The standard InChI is InChI=1S/C15H19ClN2OS2/c16-14-4-3-13(21-14)15(12-2-1-9-19-12)17-5-6-18-7-10-20-11-8-18/h1-4,9,15,17H,5-8,10-11H2. The monoisotopic (exact) mass is 342 g/mol. The zero-order valence-electron chi connectivity index (χ0n) is 11.8. The van der Waals surface area contributed by atoms with Gasteiger partial charge in [-0.3, -0.25) is 0 Å². The summed E-state index contributed by atoms with van der Waals surface area (Å²) in [5, 5.41) is 3.61. The predicted molar refractivity (Wildman–Crippen MR) is 91.6 cm³/mol. The number of thioether (sulfide) groups is 1. The number of rotatable bonds is 6. The number of furan rings is 1. The van der Waals surface area contributed by atoms with Gasteiger partial charge in [0.1, 0.15) is 11.8 Å². The summed E-state index contributed by atoms with van der Waals surface area (Å²) < 4.78 is 6.40. The smallest absolute Gasteiger partial charge is 0.126 e. The summed E-state index contributed by atoms with van der Waals surface area (Å²) in [4.78, 5) is 3.72. The molecule has 6 heteroatoms. The quantitative estimate of drug-likeness (QED) is 0.866. The van der Waals surface area contributed by atoms with Crippen molar-refractivity contribution in [2.75, 3.05) is 37.7 Å². The molecule has 1 aliphatic rings. The molecule has 3 nitrogen and oxygen atoms in total. The molecule has 1 saturated heterocycles. The average molecular weight is 343 g/mol. The first-order chi connectivity index (χ1) is 10.3. The molecule has 3 rings (SSSR count). The van der Waals surface area contributed by atoms with E-state index in [2.05, 4.69) is 16.3 Å². The molecule has 114 valence electrons. The lowest BCUT2D eigenvalue weighted by Gasteiger charge is -2.27. The van der Waals surface area contributed by atoms with E-state index in [1.165, 1.54) is 29.5 Å². The van der Waals surface area contributed by atoms with Gasteiger partial charge in [-0.1, -0.05) is 11.6 Å². The minimum Gasteiger partial charge on any atom is -0.467 e. The molecule has 2 aromatic heterocycles. The largest absolute Gasteiger partial charge is 0.467 e. The topological polar surface area (TPSA) is 28.4 Å². The molecule has 0 saturated carbocycles. The Bertz CT molecular complexity index is 538. The van der Waals surface area contributed by atoms with Crippen LogP contribution in [0.15, 0.2) is 34.9 Å². The molecule has 0 bridgehead atoms. The van der Waals surface area contributed by atoms with E-state index in [9.17, 15) is 0 Å². The average Bonchev–Trinajstić information content (AvgIpc) is 3.16. The molecule has 1 unspecified atom stereocenters. The van der Waals surface area contributed by atoms with Gasteiger partial charge in [-0.2, -0.15) is 11.8 Å². The Balaban J connectivity index is 1.60. The third-order valence-corrected chi connectivity index (χ3v) is 5.82. The first kappa shape index (κ1) is 15.4. The maximum absolute atomic E-state index is 6.07. The SMILES string of the molecule is Clc1ccc(C(NCCN2CCSCC2)c2ccco2)s1. The van der Waals surface area contributed by atoms with E-state index in [-0.39, 0.29) is 6.04 Å². The summed E-state index contributed by atoms with van der Waals surface area (Å²) in [6.45, 7) is 4.42. The molecule has 2 aromatic rings. The fourth-order valence-corrected chi connectivity index (χ4v) is 4.60. The first-order valence-electron chi connectivity index (χ1n) is 7.15. The Kier molecular flexibility index (Phi) is 5.66. The lowest BCUT2D eigenvalue weighted by molar-refractivity contribution is 0.295. The molecule has 1 atom stereocenters. The van der Waals surface area contributed by atoms with Gasteiger partial charge in [0.25, 0.3) is 0 Å². The number of nitrogens with zero attached hydrogens (tertiary/aromatic N) is 1. The molecule has 1 fully saturated rings. The molecule has 0 aromatic carbocycles. The summed E-state index contributed by atoms with van der Waals surface area (Å²) in [5.74, 6) is 3.45. The Morgan fingerprint density at radius 2 is 2.14 bits per heavy atom. The summed E-state index contributed by atoms with van der Waals surface area (Å²) in [5.41, 5.74) is 0. The molecular weight excluding hydrogens is 324 g/mol. The van der Waals surface area contributed by atoms with Crippen molar-refractivity contribution in [3.8, 4) is 0 Å². The Labute approximate surface area is 138 Å². The minimum absolute atomic E-state index is 0.0941. The summed E-state index contributed by atoms with van der Waals surface area (Å²) in [7, 11) is 0. The van der Waals surface area contributed by atoms with Gasteiger partial charge < -0.3 is 14.6 Å². The van der Waals surface area contributed by atoms with Crippen molar-refractivity contribution in [1.29, 1.82) is 0 Å². The van der Waals surface area contributed by atoms with Gasteiger partial charge in [-0.15, -0.1) is 11.3 Å². The van der Waals surface area contributed by atoms with Gasteiger partial charge in [0.2, 0.25) is 0 Å². The fraction of sp³-hybridized carbons (Fsp3) is 0.467. The van der Waals surface area contributed by atoms with Crippen LogP contribution in [0, 0.1) is 0 Å². The van der Waals surface area contributed by atoms with E-state index in [1.807, 2.05) is 30.0 Å². The van der Waals surface area contributed by atoms with Crippen LogP contribution < -0.4 is 5.32 Å². The van der Waals surface area contributed by atoms with Crippen LogP contribution in [0.3, 0.4) is 0 Å². The molecule has 0 amide bonds. The minimum atomic E-state index is 0.0941. The summed E-state index contributed by atoms with van der Waals surface area (Å²) in [6.07, 6.45) is 1.72. The van der Waals surface area contributed by atoms with Crippen LogP contribution in [-0.4, -0.2) is 42.6 Å². The zero-order chi connectivity index (χ0) is 14.5. The number of halogens is 1. The van der Waals surface area contributed by atoms with Gasteiger partial charge in [-0.05, 0) is 24.3 Å². The highest BCUT2D eigenvalue weighted by Gasteiger charge is 2.19. The van der Waals surface area contributed by atoms with Crippen molar-refractivity contribution in [2.24, 2.45) is 0 Å². The molecular formula is C15H19ClN2OS2. The molecule has 1 N–H and O–H groups in total. The number of nitrogens with one attached hydrogen (secondary N) is 1. The third-order valence-electron chi connectivity index (χ3n) is 3.59. The second-order valence-electron chi connectivity index (χ2n) is 5.00. The van der Waals surface area contributed by atoms with Crippen LogP contribution in [0.2, 0.25) is 4.34 Å². The van der Waals surface area contributed by atoms with Crippen LogP contribution in [0.4, 0.5) is 0 Å². The highest BCUT2D eigenvalue weighted by atomic mass is 35.5. The normalized spacial score (nSPS) is 18.0. The molecule has 1 aliphatic heterocycles. The van der Waals surface area contributed by atoms with E-state index >= 15 is 0 Å². The van der Waals surface area contributed by atoms with E-state index < -0.39 is 0 Å². The number of thiophene rings is 1. The second kappa shape index (κ2) is 7.70. The molecule has 0 radical (unpaired) electrons. The van der Waals surface area contributed by atoms with Gasteiger partial charge in [0.15, 0.2) is 0 Å². The maximum Gasteiger partial charge on any atom is 0.126 e. The zero-order valence-corrected chi connectivity index (χ0v) is 14.1. The van der Waals surface area contributed by atoms with Crippen LogP contribution in [0.25, 0.3) is 0 Å². The van der Waals surface area contributed by atoms with Crippen molar-refractivity contribution in [3.63, 3.8) is 0 Å². The fourth-order valence-electron chi connectivity index (χ4n) is 2.47. The molecule has 21 heavy (non-hydrogen) atoms. The third kappa shape index (κ3) is 4.27. The van der Waals surface area contributed by atoms with Crippen LogP contribution in [0.5, 0.6) is 0 Å². The van der Waals surface area contributed by atoms with E-state index in [0.717, 1.165) is 23.2 Å². The molecule has 0 spiro atoms. The van der Waals surface area contributed by atoms with Gasteiger partial charge in [0, 0.05) is 42.6 Å². The van der Waals surface area contributed by atoms with Crippen molar-refractivity contribution >= 4 is 34.7 Å². The Morgan fingerprint density at radius 1 is 1.29 bits per heavy atom. The van der Waals surface area contributed by atoms with Gasteiger partial charge >= 0.3 is 0 Å². The lowest BCUT2D eigenvalue weighted by Crippen LogP contribution is -2.38. The summed E-state index contributed by atoms with van der Waals surface area (Å²) in [6, 6.07) is 8.06. The first-order valence-corrected chi connectivity index (χ1v) is 9.50. The molecule has 3 heterocycles. The Morgan fingerprint density at radius 3 is 2.81 bits per heavy atom. The van der Waals surface area contributed by atoms with Crippen LogP contribution in [0.1, 0.15) is 16.7 Å². The predicted octanol–water partition coefficient (Wildman–Crippen LogP) is 3.72. The van der Waals surface area contributed by atoms with Crippen molar-refractivity contribution in [3.05, 3.63) is 45.5 Å². The molecule has 0 aliphatic carbocycles. The number of hydrogen-bond acceptors (Lipinski definition) is 5. The van der Waals surface area contributed by atoms with Gasteiger partial charge in [-0.25, -0.2) is 0 Å². The van der Waals surface area contributed by atoms with Crippen LogP contribution in [-0.2, 0) is 0 Å². The number of hydrogen-bond donors (Lipinski definition) is 1. The van der Waals surface area contributed by atoms with Crippen molar-refractivity contribution in [2.45, 2.75) is 6.04 Å². The maximum atomic E-state index is 6.07. The van der Waals surface area contributed by atoms with E-state index in [1.54, 1.807) is 17.6 Å². The lowest BCUT2D eigenvalue weighted by atomic mass is 10.2. The highest BCUT2D eigenvalue weighted by Crippen LogP contribution is 2.31. The second-order valence-corrected chi connectivity index (χ2v) is 7.97. The van der Waals surface area contributed by atoms with E-state index in [4.69, 9.17) is 16.0 Å². The Hall–Kier alpha value is -0.460. The van der Waals surface area contributed by atoms with Gasteiger partial charge in [0.05, 0.1) is 10.6 Å². The summed E-state index contributed by atoms with van der Waals surface area (Å²) >= 11 is 9.72. The van der Waals surface area contributed by atoms with Crippen molar-refractivity contribution in [1.82, 2.24) is 10.2 Å². The van der Waals surface area contributed by atoms with Crippen molar-refractivity contribution < 1.29 is 4.42 Å². The van der Waals surface area contributed by atoms with Crippen LogP contribution >= 0.6 is 34.7 Å².